The van der Waals surface area contributed by atoms with Crippen LogP contribution in [0.25, 0.3) is 0 Å². The van der Waals surface area contributed by atoms with Gasteiger partial charge in [-0.3, -0.25) is 4.90 Å². The van der Waals surface area contributed by atoms with Crippen molar-refractivity contribution in [3.8, 4) is 0 Å². The van der Waals surface area contributed by atoms with E-state index in [1.807, 2.05) is 30.3 Å². The number of rotatable bonds is 4. The zero-order chi connectivity index (χ0) is 14.7. The van der Waals surface area contributed by atoms with Gasteiger partial charge in [0.2, 0.25) is 0 Å². The number of hydrogen-bond acceptors (Lipinski definition) is 2. The maximum absolute atomic E-state index is 11.9. The predicted octanol–water partition coefficient (Wildman–Crippen LogP) is 2.93. The van der Waals surface area contributed by atoms with Crippen LogP contribution < -0.4 is 10.6 Å². The molecule has 0 saturated carbocycles. The van der Waals surface area contributed by atoms with Crippen LogP contribution in [0, 0.1) is 11.8 Å². The third-order valence-corrected chi connectivity index (χ3v) is 5.07. The van der Waals surface area contributed by atoms with Gasteiger partial charge in [-0.2, -0.15) is 0 Å². The summed E-state index contributed by atoms with van der Waals surface area (Å²) in [5, 5.41) is 5.90. The van der Waals surface area contributed by atoms with Crippen molar-refractivity contribution in [2.75, 3.05) is 25.0 Å². The second-order valence-corrected chi connectivity index (χ2v) is 6.30. The molecular weight excluding hydrogens is 262 g/mol. The molecule has 0 aromatic heterocycles. The van der Waals surface area contributed by atoms with E-state index in [0.717, 1.165) is 24.1 Å². The Morgan fingerprint density at radius 1 is 1.33 bits per heavy atom. The van der Waals surface area contributed by atoms with Gasteiger partial charge in [-0.25, -0.2) is 4.79 Å². The smallest absolute Gasteiger partial charge is 0.319 e. The van der Waals surface area contributed by atoms with Crippen molar-refractivity contribution in [2.45, 2.75) is 32.2 Å². The number of nitrogens with zero attached hydrogens (tertiary/aromatic N) is 1. The molecule has 3 aliphatic heterocycles. The van der Waals surface area contributed by atoms with E-state index in [0.29, 0.717) is 6.04 Å². The zero-order valence-electron chi connectivity index (χ0n) is 12.7. The first kappa shape index (κ1) is 14.4. The molecule has 4 heteroatoms. The highest BCUT2D eigenvalue weighted by Crippen LogP contribution is 2.37. The number of anilines is 1. The first-order valence-electron chi connectivity index (χ1n) is 8.10. The van der Waals surface area contributed by atoms with Crippen molar-refractivity contribution >= 4 is 11.7 Å². The molecule has 1 unspecified atom stereocenters. The lowest BCUT2D eigenvalue weighted by atomic mass is 9.74. The minimum absolute atomic E-state index is 0.101. The number of para-hydroxylation sites is 1. The van der Waals surface area contributed by atoms with Crippen LogP contribution in [0.3, 0.4) is 0 Å². The van der Waals surface area contributed by atoms with E-state index < -0.39 is 0 Å². The lowest BCUT2D eigenvalue weighted by Gasteiger charge is -2.49. The van der Waals surface area contributed by atoms with Crippen molar-refractivity contribution in [1.29, 1.82) is 0 Å². The molecule has 4 nitrogen and oxygen atoms in total. The molecule has 0 radical (unpaired) electrons. The minimum atomic E-state index is -0.101. The van der Waals surface area contributed by atoms with Crippen molar-refractivity contribution in [1.82, 2.24) is 10.2 Å². The molecule has 114 valence electrons. The molecule has 3 heterocycles. The van der Waals surface area contributed by atoms with Crippen LogP contribution in [0.2, 0.25) is 0 Å². The summed E-state index contributed by atoms with van der Waals surface area (Å²) < 4.78 is 0. The van der Waals surface area contributed by atoms with Crippen LogP contribution in [0.5, 0.6) is 0 Å². The molecule has 4 rings (SSSR count). The monoisotopic (exact) mass is 287 g/mol. The molecule has 3 fully saturated rings. The van der Waals surface area contributed by atoms with Crippen LogP contribution in [-0.2, 0) is 0 Å². The summed E-state index contributed by atoms with van der Waals surface area (Å²) >= 11 is 0. The van der Waals surface area contributed by atoms with E-state index in [1.165, 1.54) is 32.4 Å². The first-order chi connectivity index (χ1) is 10.3. The van der Waals surface area contributed by atoms with Gasteiger partial charge in [-0.05, 0) is 43.4 Å². The fourth-order valence-electron chi connectivity index (χ4n) is 3.83. The maximum atomic E-state index is 11.9. The summed E-state index contributed by atoms with van der Waals surface area (Å²) in [4.78, 5) is 14.5. The molecule has 2 N–H and O–H groups in total. The van der Waals surface area contributed by atoms with Gasteiger partial charge in [-0.1, -0.05) is 31.5 Å². The maximum Gasteiger partial charge on any atom is 0.319 e. The number of carbonyl (C=O) groups excluding carboxylic acids is 1. The summed E-state index contributed by atoms with van der Waals surface area (Å²) in [5.41, 5.74) is 0.839. The molecule has 2 amide bonds. The second-order valence-electron chi connectivity index (χ2n) is 6.30. The van der Waals surface area contributed by atoms with Gasteiger partial charge < -0.3 is 10.6 Å². The second kappa shape index (κ2) is 6.48. The molecule has 0 aliphatic carbocycles. The van der Waals surface area contributed by atoms with Gasteiger partial charge in [0.05, 0.1) is 0 Å². The Labute approximate surface area is 126 Å². The number of piperidine rings is 3. The van der Waals surface area contributed by atoms with Gasteiger partial charge in [0.15, 0.2) is 0 Å². The highest BCUT2D eigenvalue weighted by Gasteiger charge is 2.38. The standard InChI is InChI=1S/C17H25N3O/c1-2-13-12-20-9-8-14(13)10-16(20)11-18-17(21)19-15-6-4-3-5-7-15/h3-7,13-14,16H,2,8-12H2,1H3,(H2,18,19,21)/t13-,14+,16-/m1/s1. The third kappa shape index (κ3) is 3.38. The Hall–Kier alpha value is -1.55. The number of fused-ring (bicyclic) bond motifs is 3. The predicted molar refractivity (Wildman–Crippen MR) is 85.3 cm³/mol. The van der Waals surface area contributed by atoms with Crippen LogP contribution >= 0.6 is 0 Å². The molecule has 21 heavy (non-hydrogen) atoms. The fraction of sp³-hybridized carbons (Fsp3) is 0.588. The molecule has 3 aliphatic rings. The Bertz CT molecular complexity index is 476. The molecule has 2 bridgehead atoms. The summed E-state index contributed by atoms with van der Waals surface area (Å²) in [6, 6.07) is 10.0. The molecule has 0 spiro atoms. The molecule has 1 aromatic carbocycles. The fourth-order valence-corrected chi connectivity index (χ4v) is 3.83. The van der Waals surface area contributed by atoms with Crippen molar-refractivity contribution in [3.63, 3.8) is 0 Å². The zero-order valence-corrected chi connectivity index (χ0v) is 12.7. The average Bonchev–Trinajstić information content (AvgIpc) is 2.54. The minimum Gasteiger partial charge on any atom is -0.336 e. The van der Waals surface area contributed by atoms with E-state index in [2.05, 4.69) is 22.5 Å². The molecule has 4 atom stereocenters. The Morgan fingerprint density at radius 2 is 2.14 bits per heavy atom. The number of hydrogen-bond donors (Lipinski definition) is 2. The van der Waals surface area contributed by atoms with Crippen LogP contribution in [-0.4, -0.2) is 36.6 Å². The normalized spacial score (nSPS) is 30.9. The van der Waals surface area contributed by atoms with E-state index in [1.54, 1.807) is 0 Å². The van der Waals surface area contributed by atoms with Gasteiger partial charge in [-0.15, -0.1) is 0 Å². The van der Waals surface area contributed by atoms with E-state index in [-0.39, 0.29) is 6.03 Å². The average molecular weight is 287 g/mol. The molecule has 1 aromatic rings. The number of urea groups is 1. The first-order valence-corrected chi connectivity index (χ1v) is 8.10. The SMILES string of the molecule is CC[C@@H]1CN2CC[C@H]1C[C@@H]2CNC(=O)Nc1ccccc1. The Balaban J connectivity index is 1.47. The Kier molecular flexibility index (Phi) is 4.44. The topological polar surface area (TPSA) is 44.4 Å². The molecular formula is C17H25N3O. The van der Waals surface area contributed by atoms with Crippen molar-refractivity contribution in [2.24, 2.45) is 11.8 Å². The van der Waals surface area contributed by atoms with Crippen molar-refractivity contribution < 1.29 is 4.79 Å². The number of amides is 2. The highest BCUT2D eigenvalue weighted by molar-refractivity contribution is 5.89. The third-order valence-electron chi connectivity index (χ3n) is 5.07. The van der Waals surface area contributed by atoms with Gasteiger partial charge in [0, 0.05) is 24.8 Å². The largest absolute Gasteiger partial charge is 0.336 e. The van der Waals surface area contributed by atoms with E-state index >= 15 is 0 Å². The van der Waals surface area contributed by atoms with Gasteiger partial charge in [0.25, 0.3) is 0 Å². The number of carbonyl (C=O) groups is 1. The van der Waals surface area contributed by atoms with E-state index in [4.69, 9.17) is 0 Å². The summed E-state index contributed by atoms with van der Waals surface area (Å²) in [6.45, 7) is 5.47. The quantitative estimate of drug-likeness (QED) is 0.894. The van der Waals surface area contributed by atoms with Gasteiger partial charge in [0.1, 0.15) is 0 Å². The summed E-state index contributed by atoms with van der Waals surface area (Å²) in [5.74, 6) is 1.73. The highest BCUT2D eigenvalue weighted by atomic mass is 16.2. The Morgan fingerprint density at radius 3 is 2.81 bits per heavy atom. The van der Waals surface area contributed by atoms with Crippen LogP contribution in [0.1, 0.15) is 26.2 Å². The summed E-state index contributed by atoms with van der Waals surface area (Å²) in [6.07, 6.45) is 3.87. The number of benzene rings is 1. The lowest BCUT2D eigenvalue weighted by molar-refractivity contribution is 0.00159. The van der Waals surface area contributed by atoms with Gasteiger partial charge >= 0.3 is 6.03 Å². The van der Waals surface area contributed by atoms with Crippen LogP contribution in [0.15, 0.2) is 30.3 Å². The van der Waals surface area contributed by atoms with E-state index in [9.17, 15) is 4.79 Å². The summed E-state index contributed by atoms with van der Waals surface area (Å²) in [7, 11) is 0. The molecule has 3 saturated heterocycles. The van der Waals surface area contributed by atoms with Crippen LogP contribution in [0.4, 0.5) is 10.5 Å². The number of nitrogens with one attached hydrogen (secondary N) is 2. The lowest BCUT2D eigenvalue weighted by Crippen LogP contribution is -2.56. The van der Waals surface area contributed by atoms with Crippen molar-refractivity contribution in [3.05, 3.63) is 30.3 Å².